The Balaban J connectivity index is 2.56. The van der Waals surface area contributed by atoms with Gasteiger partial charge in [-0.15, -0.1) is 23.2 Å². The monoisotopic (exact) mass is 318 g/mol. The van der Waals surface area contributed by atoms with Crippen LogP contribution in [0.1, 0.15) is 24.0 Å². The van der Waals surface area contributed by atoms with Crippen LogP contribution in [-0.4, -0.2) is 38.7 Å². The number of alkyl halides is 2. The van der Waals surface area contributed by atoms with Crippen LogP contribution in [0.15, 0.2) is 24.3 Å². The van der Waals surface area contributed by atoms with Crippen molar-refractivity contribution in [3.63, 3.8) is 0 Å². The summed E-state index contributed by atoms with van der Waals surface area (Å²) in [6.45, 7) is 4.18. The molecule has 0 aliphatic rings. The Labute approximate surface area is 132 Å². The molecule has 1 rings (SSSR count). The third kappa shape index (κ3) is 5.25. The molecular weight excluding hydrogens is 295 g/mol. The predicted octanol–water partition coefficient (Wildman–Crippen LogP) is 4.15. The number of benzene rings is 1. The minimum absolute atomic E-state index is 0.210. The lowest BCUT2D eigenvalue weighted by Gasteiger charge is -2.30. The zero-order chi connectivity index (χ0) is 14.8. The van der Waals surface area contributed by atoms with Crippen LogP contribution in [0.5, 0.6) is 0 Å². The highest BCUT2D eigenvalue weighted by Gasteiger charge is 2.30. The van der Waals surface area contributed by atoms with Crippen LogP contribution in [0.25, 0.3) is 0 Å². The number of ether oxygens (including phenoxy) is 2. The quantitative estimate of drug-likeness (QED) is 0.476. The maximum atomic E-state index is 6.20. The van der Waals surface area contributed by atoms with E-state index < -0.39 is 0 Å². The van der Waals surface area contributed by atoms with Crippen molar-refractivity contribution < 1.29 is 9.47 Å². The third-order valence-electron chi connectivity index (χ3n) is 3.54. The van der Waals surface area contributed by atoms with Gasteiger partial charge in [-0.25, -0.2) is 0 Å². The summed E-state index contributed by atoms with van der Waals surface area (Å²) < 4.78 is 10.6. The van der Waals surface area contributed by atoms with Crippen molar-refractivity contribution >= 4 is 23.2 Å². The van der Waals surface area contributed by atoms with Gasteiger partial charge in [0.2, 0.25) is 0 Å². The van der Waals surface area contributed by atoms with Gasteiger partial charge in [0, 0.05) is 44.1 Å². The smallest absolute Gasteiger partial charge is 0.0487 e. The minimum atomic E-state index is -0.210. The van der Waals surface area contributed by atoms with E-state index in [0.29, 0.717) is 25.0 Å². The van der Waals surface area contributed by atoms with E-state index >= 15 is 0 Å². The highest BCUT2D eigenvalue weighted by Crippen LogP contribution is 2.31. The molecule has 0 aromatic heterocycles. The Morgan fingerprint density at radius 1 is 1.00 bits per heavy atom. The van der Waals surface area contributed by atoms with Crippen LogP contribution in [0, 0.1) is 6.92 Å². The first-order chi connectivity index (χ1) is 9.68. The summed E-state index contributed by atoms with van der Waals surface area (Å²) in [4.78, 5) is 0. The molecule has 0 saturated carbocycles. The maximum Gasteiger partial charge on any atom is 0.0487 e. The molecule has 114 valence electrons. The largest absolute Gasteiger partial charge is 0.385 e. The van der Waals surface area contributed by atoms with Gasteiger partial charge in [0.15, 0.2) is 0 Å². The van der Waals surface area contributed by atoms with Crippen molar-refractivity contribution in [3.8, 4) is 0 Å². The van der Waals surface area contributed by atoms with Crippen LogP contribution < -0.4 is 0 Å². The third-order valence-corrected chi connectivity index (χ3v) is 4.56. The first kappa shape index (κ1) is 17.8. The Morgan fingerprint density at radius 2 is 1.65 bits per heavy atom. The van der Waals surface area contributed by atoms with E-state index in [9.17, 15) is 0 Å². The summed E-state index contributed by atoms with van der Waals surface area (Å²) in [7, 11) is 1.70. The van der Waals surface area contributed by atoms with Crippen molar-refractivity contribution in [1.82, 2.24) is 0 Å². The number of rotatable bonds is 10. The highest BCUT2D eigenvalue weighted by molar-refractivity contribution is 6.22. The van der Waals surface area contributed by atoms with Crippen molar-refractivity contribution in [2.45, 2.75) is 25.2 Å². The molecule has 0 atom stereocenters. The van der Waals surface area contributed by atoms with E-state index in [1.807, 2.05) is 0 Å². The second kappa shape index (κ2) is 9.62. The van der Waals surface area contributed by atoms with Gasteiger partial charge in [-0.2, -0.15) is 0 Å². The van der Waals surface area contributed by atoms with Gasteiger partial charge in [-0.1, -0.05) is 29.8 Å². The van der Waals surface area contributed by atoms with Crippen molar-refractivity contribution in [3.05, 3.63) is 35.4 Å². The molecule has 0 amide bonds. The molecule has 1 aromatic carbocycles. The van der Waals surface area contributed by atoms with E-state index in [1.54, 1.807) is 7.11 Å². The van der Waals surface area contributed by atoms with E-state index in [1.165, 1.54) is 11.1 Å². The van der Waals surface area contributed by atoms with Crippen LogP contribution in [0.3, 0.4) is 0 Å². The fourth-order valence-corrected chi connectivity index (χ4v) is 2.91. The Morgan fingerprint density at radius 3 is 2.20 bits per heavy atom. The van der Waals surface area contributed by atoms with E-state index in [-0.39, 0.29) is 5.41 Å². The Kier molecular flexibility index (Phi) is 8.55. The molecule has 0 N–H and O–H groups in total. The molecule has 2 nitrogen and oxygen atoms in total. The molecule has 0 saturated heterocycles. The molecule has 0 radical (unpaired) electrons. The van der Waals surface area contributed by atoms with Gasteiger partial charge in [0.1, 0.15) is 0 Å². The molecule has 0 aliphatic heterocycles. The van der Waals surface area contributed by atoms with E-state index in [0.717, 1.165) is 19.4 Å². The fourth-order valence-electron chi connectivity index (χ4n) is 2.05. The molecule has 4 heteroatoms. The SMILES string of the molecule is COCCCOCCC(CCl)(CCl)c1ccc(C)cc1. The average Bonchev–Trinajstić information content (AvgIpc) is 2.48. The first-order valence-electron chi connectivity index (χ1n) is 6.94. The van der Waals surface area contributed by atoms with Gasteiger partial charge in [-0.3, -0.25) is 0 Å². The van der Waals surface area contributed by atoms with Crippen molar-refractivity contribution in [2.75, 3.05) is 38.7 Å². The highest BCUT2D eigenvalue weighted by atomic mass is 35.5. The van der Waals surface area contributed by atoms with Gasteiger partial charge in [0.05, 0.1) is 0 Å². The van der Waals surface area contributed by atoms with Crippen LogP contribution >= 0.6 is 23.2 Å². The second-order valence-corrected chi connectivity index (χ2v) is 5.66. The predicted molar refractivity (Wildman–Crippen MR) is 86.2 cm³/mol. The summed E-state index contributed by atoms with van der Waals surface area (Å²) in [5.41, 5.74) is 2.22. The number of methoxy groups -OCH3 is 1. The number of hydrogen-bond acceptors (Lipinski definition) is 2. The lowest BCUT2D eigenvalue weighted by Crippen LogP contribution is -2.32. The summed E-state index contributed by atoms with van der Waals surface area (Å²) in [6.07, 6.45) is 1.74. The zero-order valence-corrected chi connectivity index (χ0v) is 13.8. The van der Waals surface area contributed by atoms with Gasteiger partial charge >= 0.3 is 0 Å². The topological polar surface area (TPSA) is 18.5 Å². The molecule has 0 heterocycles. The molecule has 0 bridgehead atoms. The van der Waals surface area contributed by atoms with E-state index in [4.69, 9.17) is 32.7 Å². The van der Waals surface area contributed by atoms with Crippen LogP contribution in [0.2, 0.25) is 0 Å². The number of halogens is 2. The summed E-state index contributed by atoms with van der Waals surface area (Å²) in [6, 6.07) is 8.43. The molecule has 20 heavy (non-hydrogen) atoms. The molecular formula is C16H24Cl2O2. The molecule has 0 aliphatic carbocycles. The summed E-state index contributed by atoms with van der Waals surface area (Å²) in [5, 5.41) is 0. The lowest BCUT2D eigenvalue weighted by atomic mass is 9.81. The Hall–Kier alpha value is -0.280. The molecule has 0 unspecified atom stereocenters. The number of hydrogen-bond donors (Lipinski definition) is 0. The molecule has 0 fully saturated rings. The van der Waals surface area contributed by atoms with Gasteiger partial charge in [0.25, 0.3) is 0 Å². The summed E-state index contributed by atoms with van der Waals surface area (Å²) >= 11 is 12.4. The van der Waals surface area contributed by atoms with Crippen LogP contribution in [0.4, 0.5) is 0 Å². The van der Waals surface area contributed by atoms with Gasteiger partial charge in [-0.05, 0) is 25.3 Å². The maximum absolute atomic E-state index is 6.20. The minimum Gasteiger partial charge on any atom is -0.385 e. The molecule has 0 spiro atoms. The van der Waals surface area contributed by atoms with Crippen molar-refractivity contribution in [1.29, 1.82) is 0 Å². The Bertz CT molecular complexity index is 361. The lowest BCUT2D eigenvalue weighted by molar-refractivity contribution is 0.0931. The normalized spacial score (nSPS) is 11.8. The van der Waals surface area contributed by atoms with Crippen molar-refractivity contribution in [2.24, 2.45) is 0 Å². The standard InChI is InChI=1S/C16H24Cl2O2/c1-14-4-6-15(7-5-14)16(12-17,13-18)8-11-20-10-3-9-19-2/h4-7H,3,8-13H2,1-2H3. The molecule has 1 aromatic rings. The zero-order valence-electron chi connectivity index (χ0n) is 12.3. The average molecular weight is 319 g/mol. The summed E-state index contributed by atoms with van der Waals surface area (Å²) in [5.74, 6) is 1.00. The van der Waals surface area contributed by atoms with Crippen LogP contribution in [-0.2, 0) is 14.9 Å². The van der Waals surface area contributed by atoms with Gasteiger partial charge < -0.3 is 9.47 Å². The number of aryl methyl sites for hydroxylation is 1. The van der Waals surface area contributed by atoms with E-state index in [2.05, 4.69) is 31.2 Å². The fraction of sp³-hybridized carbons (Fsp3) is 0.625. The second-order valence-electron chi connectivity index (χ2n) is 5.12. The first-order valence-corrected chi connectivity index (χ1v) is 8.01.